The number of anilines is 1. The second-order valence-corrected chi connectivity index (χ2v) is 6.50. The Kier molecular flexibility index (Phi) is 5.34. The zero-order valence-corrected chi connectivity index (χ0v) is 13.5. The molecule has 2 aromatic rings. The molecule has 2 rings (SSSR count). The summed E-state index contributed by atoms with van der Waals surface area (Å²) >= 11 is 0. The second kappa shape index (κ2) is 7.23. The predicted octanol–water partition coefficient (Wildman–Crippen LogP) is 4.00. The second-order valence-electron chi connectivity index (χ2n) is 6.50. The van der Waals surface area contributed by atoms with Gasteiger partial charge < -0.3 is 10.6 Å². The van der Waals surface area contributed by atoms with Crippen molar-refractivity contribution in [3.63, 3.8) is 0 Å². The van der Waals surface area contributed by atoms with Gasteiger partial charge >= 0.3 is 0 Å². The standard InChI is InChI=1S/C19H24N2O/c1-19(2,3)18(15-10-6-4-7-11-15)20-14-17(22)21-16-12-8-5-9-13-16/h4-13,18,20H,14H2,1-3H3,(H,21,22). The van der Waals surface area contributed by atoms with Crippen LogP contribution in [0.3, 0.4) is 0 Å². The highest BCUT2D eigenvalue weighted by atomic mass is 16.1. The molecular weight excluding hydrogens is 272 g/mol. The zero-order valence-electron chi connectivity index (χ0n) is 13.5. The monoisotopic (exact) mass is 296 g/mol. The number of carbonyl (C=O) groups is 1. The molecule has 1 atom stereocenters. The molecule has 3 nitrogen and oxygen atoms in total. The molecule has 2 aromatic carbocycles. The number of benzene rings is 2. The SMILES string of the molecule is CC(C)(C)C(NCC(=O)Nc1ccccc1)c1ccccc1. The first-order valence-electron chi connectivity index (χ1n) is 7.60. The summed E-state index contributed by atoms with van der Waals surface area (Å²) in [4.78, 5) is 12.1. The Bertz CT molecular complexity index is 588. The van der Waals surface area contributed by atoms with E-state index in [2.05, 4.69) is 43.5 Å². The third-order valence-electron chi connectivity index (χ3n) is 3.52. The highest BCUT2D eigenvalue weighted by molar-refractivity contribution is 5.92. The summed E-state index contributed by atoms with van der Waals surface area (Å²) in [5, 5.41) is 6.28. The van der Waals surface area contributed by atoms with Crippen LogP contribution in [0.1, 0.15) is 32.4 Å². The highest BCUT2D eigenvalue weighted by Crippen LogP contribution is 2.32. The van der Waals surface area contributed by atoms with Crippen LogP contribution in [0.4, 0.5) is 5.69 Å². The van der Waals surface area contributed by atoms with Crippen molar-refractivity contribution in [2.45, 2.75) is 26.8 Å². The molecule has 0 fully saturated rings. The fourth-order valence-electron chi connectivity index (χ4n) is 2.49. The lowest BCUT2D eigenvalue weighted by molar-refractivity contribution is -0.115. The lowest BCUT2D eigenvalue weighted by Crippen LogP contribution is -2.37. The van der Waals surface area contributed by atoms with Crippen molar-refractivity contribution in [3.8, 4) is 0 Å². The Labute approximate surface area is 132 Å². The van der Waals surface area contributed by atoms with Crippen LogP contribution in [-0.4, -0.2) is 12.5 Å². The third-order valence-corrected chi connectivity index (χ3v) is 3.52. The van der Waals surface area contributed by atoms with Gasteiger partial charge in [-0.3, -0.25) is 4.79 Å². The van der Waals surface area contributed by atoms with Crippen LogP contribution >= 0.6 is 0 Å². The zero-order chi connectivity index (χ0) is 16.0. The van der Waals surface area contributed by atoms with Gasteiger partial charge in [0, 0.05) is 11.7 Å². The first kappa shape index (κ1) is 16.2. The molecule has 0 aliphatic carbocycles. The van der Waals surface area contributed by atoms with Crippen molar-refractivity contribution in [2.24, 2.45) is 5.41 Å². The number of carbonyl (C=O) groups excluding carboxylic acids is 1. The van der Waals surface area contributed by atoms with E-state index in [-0.39, 0.29) is 23.9 Å². The van der Waals surface area contributed by atoms with Crippen LogP contribution in [0.2, 0.25) is 0 Å². The topological polar surface area (TPSA) is 41.1 Å². The molecule has 22 heavy (non-hydrogen) atoms. The van der Waals surface area contributed by atoms with Crippen molar-refractivity contribution >= 4 is 11.6 Å². The lowest BCUT2D eigenvalue weighted by Gasteiger charge is -2.32. The van der Waals surface area contributed by atoms with E-state index in [1.165, 1.54) is 5.56 Å². The Morgan fingerprint density at radius 1 is 0.955 bits per heavy atom. The molecule has 116 valence electrons. The number of amides is 1. The van der Waals surface area contributed by atoms with Crippen molar-refractivity contribution in [1.82, 2.24) is 5.32 Å². The predicted molar refractivity (Wildman–Crippen MR) is 91.7 cm³/mol. The fourth-order valence-corrected chi connectivity index (χ4v) is 2.49. The molecule has 1 unspecified atom stereocenters. The van der Waals surface area contributed by atoms with Crippen LogP contribution in [-0.2, 0) is 4.79 Å². The molecule has 3 heteroatoms. The van der Waals surface area contributed by atoms with Gasteiger partial charge in [-0.05, 0) is 23.1 Å². The Hall–Kier alpha value is -2.13. The molecule has 0 spiro atoms. The largest absolute Gasteiger partial charge is 0.325 e. The van der Waals surface area contributed by atoms with Crippen LogP contribution in [0.25, 0.3) is 0 Å². The maximum Gasteiger partial charge on any atom is 0.238 e. The van der Waals surface area contributed by atoms with E-state index in [1.54, 1.807) is 0 Å². The molecule has 0 heterocycles. The van der Waals surface area contributed by atoms with E-state index < -0.39 is 0 Å². The average molecular weight is 296 g/mol. The minimum absolute atomic E-state index is 0.0222. The summed E-state index contributed by atoms with van der Waals surface area (Å²) in [5.41, 5.74) is 2.04. The summed E-state index contributed by atoms with van der Waals surface area (Å²) in [6.45, 7) is 6.80. The average Bonchev–Trinajstić information content (AvgIpc) is 2.48. The number of nitrogens with one attached hydrogen (secondary N) is 2. The highest BCUT2D eigenvalue weighted by Gasteiger charge is 2.26. The van der Waals surface area contributed by atoms with E-state index >= 15 is 0 Å². The normalized spacial score (nSPS) is 12.7. The van der Waals surface area contributed by atoms with Crippen molar-refractivity contribution < 1.29 is 4.79 Å². The maximum atomic E-state index is 12.1. The van der Waals surface area contributed by atoms with Gasteiger partial charge in [-0.1, -0.05) is 69.3 Å². The molecule has 0 radical (unpaired) electrons. The minimum Gasteiger partial charge on any atom is -0.325 e. The van der Waals surface area contributed by atoms with Gasteiger partial charge in [-0.25, -0.2) is 0 Å². The smallest absolute Gasteiger partial charge is 0.238 e. The lowest BCUT2D eigenvalue weighted by atomic mass is 9.82. The van der Waals surface area contributed by atoms with Crippen molar-refractivity contribution in [1.29, 1.82) is 0 Å². The Morgan fingerprint density at radius 3 is 2.05 bits per heavy atom. The first-order valence-corrected chi connectivity index (χ1v) is 7.60. The van der Waals surface area contributed by atoms with Crippen LogP contribution in [0.15, 0.2) is 60.7 Å². The van der Waals surface area contributed by atoms with Crippen molar-refractivity contribution in [3.05, 3.63) is 66.2 Å². The van der Waals surface area contributed by atoms with E-state index in [0.717, 1.165) is 5.69 Å². The molecule has 0 saturated heterocycles. The van der Waals surface area contributed by atoms with E-state index in [4.69, 9.17) is 0 Å². The van der Waals surface area contributed by atoms with Gasteiger partial charge in [0.1, 0.15) is 0 Å². The molecule has 0 aliphatic rings. The fraction of sp³-hybridized carbons (Fsp3) is 0.316. The van der Waals surface area contributed by atoms with Gasteiger partial charge in [-0.2, -0.15) is 0 Å². The molecule has 0 bridgehead atoms. The number of hydrogen-bond acceptors (Lipinski definition) is 2. The molecule has 0 aliphatic heterocycles. The van der Waals surface area contributed by atoms with Gasteiger partial charge in [0.05, 0.1) is 6.54 Å². The van der Waals surface area contributed by atoms with Gasteiger partial charge in [0.25, 0.3) is 0 Å². The molecular formula is C19H24N2O. The quantitative estimate of drug-likeness (QED) is 0.875. The van der Waals surface area contributed by atoms with E-state index in [1.807, 2.05) is 48.5 Å². The van der Waals surface area contributed by atoms with Crippen molar-refractivity contribution in [2.75, 3.05) is 11.9 Å². The number of hydrogen-bond donors (Lipinski definition) is 2. The summed E-state index contributed by atoms with van der Waals surface area (Å²) in [5.74, 6) is -0.0311. The van der Waals surface area contributed by atoms with Gasteiger partial charge in [-0.15, -0.1) is 0 Å². The molecule has 2 N–H and O–H groups in total. The third kappa shape index (κ3) is 4.71. The summed E-state index contributed by atoms with van der Waals surface area (Å²) in [6.07, 6.45) is 0. The van der Waals surface area contributed by atoms with Gasteiger partial charge in [0.15, 0.2) is 0 Å². The van der Waals surface area contributed by atoms with E-state index in [9.17, 15) is 4.79 Å². The van der Waals surface area contributed by atoms with Crippen LogP contribution in [0, 0.1) is 5.41 Å². The summed E-state index contributed by atoms with van der Waals surface area (Å²) in [7, 11) is 0. The summed E-state index contributed by atoms with van der Waals surface area (Å²) in [6, 6.07) is 19.9. The molecule has 1 amide bonds. The van der Waals surface area contributed by atoms with Gasteiger partial charge in [0.2, 0.25) is 5.91 Å². The number of rotatable bonds is 5. The summed E-state index contributed by atoms with van der Waals surface area (Å²) < 4.78 is 0. The van der Waals surface area contributed by atoms with Crippen LogP contribution in [0.5, 0.6) is 0 Å². The van der Waals surface area contributed by atoms with Crippen LogP contribution < -0.4 is 10.6 Å². The maximum absolute atomic E-state index is 12.1. The number of para-hydroxylation sites is 1. The molecule has 0 saturated carbocycles. The Balaban J connectivity index is 1.99. The minimum atomic E-state index is -0.0311. The van der Waals surface area contributed by atoms with E-state index in [0.29, 0.717) is 0 Å². The first-order chi connectivity index (χ1) is 10.5. The Morgan fingerprint density at radius 2 is 1.50 bits per heavy atom. The molecule has 0 aromatic heterocycles.